The lowest BCUT2D eigenvalue weighted by atomic mass is 9.85. The Kier molecular flexibility index (Phi) is 8.43. The van der Waals surface area contributed by atoms with Gasteiger partial charge in [0.05, 0.1) is 7.11 Å². The summed E-state index contributed by atoms with van der Waals surface area (Å²) in [7, 11) is 1.71. The number of nitrogens with zero attached hydrogens (tertiary/aromatic N) is 2. The molecule has 3 aromatic carbocycles. The first-order chi connectivity index (χ1) is 18.5. The van der Waals surface area contributed by atoms with Crippen LogP contribution in [0, 0.1) is 18.7 Å². The second kappa shape index (κ2) is 12.1. The number of aryl methyl sites for hydroxylation is 1. The number of rotatable bonds is 8. The van der Waals surface area contributed by atoms with Crippen molar-refractivity contribution in [2.24, 2.45) is 5.92 Å². The van der Waals surface area contributed by atoms with E-state index in [4.69, 9.17) is 4.74 Å². The summed E-state index contributed by atoms with van der Waals surface area (Å²) >= 11 is 0. The van der Waals surface area contributed by atoms with Crippen molar-refractivity contribution >= 4 is 5.91 Å². The largest absolute Gasteiger partial charge is 0.497 e. The maximum atomic E-state index is 13.9. The predicted molar refractivity (Wildman–Crippen MR) is 150 cm³/mol. The molecule has 0 bridgehead atoms. The number of benzene rings is 3. The van der Waals surface area contributed by atoms with Crippen LogP contribution in [-0.4, -0.2) is 48.5 Å². The molecule has 1 saturated carbocycles. The van der Waals surface area contributed by atoms with Crippen molar-refractivity contribution in [3.05, 3.63) is 101 Å². The van der Waals surface area contributed by atoms with Gasteiger partial charge in [-0.05, 0) is 78.8 Å². The fraction of sp³-hybridized carbons (Fsp3) is 0.424. The Morgan fingerprint density at radius 3 is 2.47 bits per heavy atom. The lowest BCUT2D eigenvalue weighted by molar-refractivity contribution is 0.0588. The molecule has 0 aromatic heterocycles. The first-order valence-electron chi connectivity index (χ1n) is 14.0. The number of carbonyl (C=O) groups excluding carboxylic acids is 1. The molecule has 1 aliphatic heterocycles. The number of carbonyl (C=O) groups is 1. The molecular weight excluding hydrogens is 475 g/mol. The van der Waals surface area contributed by atoms with E-state index in [1.807, 2.05) is 12.1 Å². The van der Waals surface area contributed by atoms with Gasteiger partial charge in [-0.3, -0.25) is 9.69 Å². The molecule has 2 fully saturated rings. The molecule has 1 saturated heterocycles. The third-order valence-corrected chi connectivity index (χ3v) is 8.44. The normalized spacial score (nSPS) is 20.4. The molecular formula is C33H39FN2O2. The number of hydrogen-bond donors (Lipinski definition) is 0. The Balaban J connectivity index is 1.43. The van der Waals surface area contributed by atoms with Crippen LogP contribution < -0.4 is 4.74 Å². The zero-order valence-electron chi connectivity index (χ0n) is 22.6. The number of ether oxygens (including phenoxy) is 1. The summed E-state index contributed by atoms with van der Waals surface area (Å²) in [6.45, 7) is 5.64. The van der Waals surface area contributed by atoms with E-state index in [0.717, 1.165) is 51.1 Å². The van der Waals surface area contributed by atoms with Crippen LogP contribution in [0.25, 0.3) is 0 Å². The monoisotopic (exact) mass is 514 g/mol. The maximum Gasteiger partial charge on any atom is 0.254 e. The van der Waals surface area contributed by atoms with Crippen LogP contribution in [0.15, 0.2) is 72.8 Å². The number of methoxy groups -OCH3 is 1. The SMILES string of the molecule is COc1cccc(CN2C[C@@H](CN(C(=O)c3ccc(F)cc3)C3CCCCC3)[C@@H](c3ccccc3C)C2)c1. The summed E-state index contributed by atoms with van der Waals surface area (Å²) in [6, 6.07) is 23.3. The average Bonchev–Trinajstić information content (AvgIpc) is 3.34. The molecule has 3 aromatic rings. The van der Waals surface area contributed by atoms with E-state index in [2.05, 4.69) is 53.1 Å². The molecule has 200 valence electrons. The highest BCUT2D eigenvalue weighted by Gasteiger charge is 2.38. The lowest BCUT2D eigenvalue weighted by Crippen LogP contribution is -2.45. The Morgan fingerprint density at radius 1 is 0.974 bits per heavy atom. The van der Waals surface area contributed by atoms with Crippen LogP contribution in [0.2, 0.25) is 0 Å². The van der Waals surface area contributed by atoms with Gasteiger partial charge in [-0.25, -0.2) is 4.39 Å². The van der Waals surface area contributed by atoms with Crippen LogP contribution >= 0.6 is 0 Å². The highest BCUT2D eigenvalue weighted by molar-refractivity contribution is 5.94. The van der Waals surface area contributed by atoms with Crippen molar-refractivity contribution < 1.29 is 13.9 Å². The molecule has 1 amide bonds. The van der Waals surface area contributed by atoms with E-state index in [-0.39, 0.29) is 17.8 Å². The second-order valence-electron chi connectivity index (χ2n) is 11.0. The Labute approximate surface area is 226 Å². The van der Waals surface area contributed by atoms with Crippen LogP contribution in [0.4, 0.5) is 4.39 Å². The molecule has 0 spiro atoms. The lowest BCUT2D eigenvalue weighted by Gasteiger charge is -2.37. The van der Waals surface area contributed by atoms with Gasteiger partial charge in [-0.1, -0.05) is 55.7 Å². The van der Waals surface area contributed by atoms with Crippen LogP contribution in [-0.2, 0) is 6.54 Å². The van der Waals surface area contributed by atoms with Crippen molar-refractivity contribution in [1.82, 2.24) is 9.80 Å². The minimum Gasteiger partial charge on any atom is -0.497 e. The van der Waals surface area contributed by atoms with Gasteiger partial charge >= 0.3 is 0 Å². The van der Waals surface area contributed by atoms with E-state index in [9.17, 15) is 9.18 Å². The molecule has 1 aliphatic carbocycles. The van der Waals surface area contributed by atoms with Gasteiger partial charge in [0.2, 0.25) is 0 Å². The fourth-order valence-corrected chi connectivity index (χ4v) is 6.46. The molecule has 4 nitrogen and oxygen atoms in total. The highest BCUT2D eigenvalue weighted by Crippen LogP contribution is 2.37. The number of likely N-dealkylation sites (tertiary alicyclic amines) is 1. The van der Waals surface area contributed by atoms with Crippen LogP contribution in [0.3, 0.4) is 0 Å². The predicted octanol–water partition coefficient (Wildman–Crippen LogP) is 6.83. The topological polar surface area (TPSA) is 32.8 Å². The van der Waals surface area contributed by atoms with E-state index in [1.54, 1.807) is 19.2 Å². The molecule has 0 N–H and O–H groups in total. The standard InChI is InChI=1S/C33H39FN2O2/c1-24-9-6-7-14-31(24)32-23-35(20-25-10-8-13-30(19-25)38-2)21-27(32)22-36(29-11-4-3-5-12-29)33(37)26-15-17-28(34)18-16-26/h6-10,13-19,27,29,32H,3-5,11-12,20-23H2,1-2H3/t27-,32-/m0/s1. The van der Waals surface area contributed by atoms with Crippen molar-refractivity contribution in [2.45, 2.75) is 57.5 Å². The maximum absolute atomic E-state index is 13.9. The van der Waals surface area contributed by atoms with E-state index >= 15 is 0 Å². The Morgan fingerprint density at radius 2 is 1.74 bits per heavy atom. The van der Waals surface area contributed by atoms with Gasteiger partial charge in [0, 0.05) is 43.7 Å². The molecule has 0 radical (unpaired) electrons. The first-order valence-corrected chi connectivity index (χ1v) is 14.0. The van der Waals surface area contributed by atoms with Crippen molar-refractivity contribution in [1.29, 1.82) is 0 Å². The molecule has 5 heteroatoms. The highest BCUT2D eigenvalue weighted by atomic mass is 19.1. The fourth-order valence-electron chi connectivity index (χ4n) is 6.46. The zero-order chi connectivity index (χ0) is 26.5. The van der Waals surface area contributed by atoms with Crippen molar-refractivity contribution in [3.8, 4) is 5.75 Å². The third kappa shape index (κ3) is 6.10. The van der Waals surface area contributed by atoms with Gasteiger partial charge in [-0.2, -0.15) is 0 Å². The summed E-state index contributed by atoms with van der Waals surface area (Å²) in [5, 5.41) is 0. The minimum atomic E-state index is -0.311. The summed E-state index contributed by atoms with van der Waals surface area (Å²) in [5.74, 6) is 1.25. The smallest absolute Gasteiger partial charge is 0.254 e. The molecule has 38 heavy (non-hydrogen) atoms. The van der Waals surface area contributed by atoms with E-state index in [0.29, 0.717) is 23.9 Å². The molecule has 2 atom stereocenters. The number of amides is 1. The summed E-state index contributed by atoms with van der Waals surface area (Å²) in [4.78, 5) is 18.5. The van der Waals surface area contributed by atoms with Gasteiger partial charge in [0.25, 0.3) is 5.91 Å². The van der Waals surface area contributed by atoms with Gasteiger partial charge in [-0.15, -0.1) is 0 Å². The quantitative estimate of drug-likeness (QED) is 0.330. The van der Waals surface area contributed by atoms with Crippen molar-refractivity contribution in [3.63, 3.8) is 0 Å². The van der Waals surface area contributed by atoms with Crippen LogP contribution in [0.5, 0.6) is 5.75 Å². The zero-order valence-corrected chi connectivity index (χ0v) is 22.6. The molecule has 5 rings (SSSR count). The van der Waals surface area contributed by atoms with E-state index < -0.39 is 0 Å². The third-order valence-electron chi connectivity index (χ3n) is 8.44. The Hall–Kier alpha value is -3.18. The number of halogens is 1. The van der Waals surface area contributed by atoms with Crippen LogP contribution in [0.1, 0.15) is 65.1 Å². The van der Waals surface area contributed by atoms with Gasteiger partial charge in [0.15, 0.2) is 0 Å². The molecule has 1 heterocycles. The Bertz CT molecular complexity index is 1220. The van der Waals surface area contributed by atoms with Gasteiger partial charge < -0.3 is 9.64 Å². The first kappa shape index (κ1) is 26.4. The minimum absolute atomic E-state index is 0.0340. The second-order valence-corrected chi connectivity index (χ2v) is 11.0. The average molecular weight is 515 g/mol. The van der Waals surface area contributed by atoms with E-state index in [1.165, 1.54) is 35.2 Å². The molecule has 0 unspecified atom stereocenters. The summed E-state index contributed by atoms with van der Waals surface area (Å²) < 4.78 is 19.1. The summed E-state index contributed by atoms with van der Waals surface area (Å²) in [6.07, 6.45) is 5.64. The van der Waals surface area contributed by atoms with Gasteiger partial charge in [0.1, 0.15) is 11.6 Å². The van der Waals surface area contributed by atoms with Crippen molar-refractivity contribution in [2.75, 3.05) is 26.7 Å². The number of hydrogen-bond acceptors (Lipinski definition) is 3. The summed E-state index contributed by atoms with van der Waals surface area (Å²) in [5.41, 5.74) is 4.50. The molecule has 2 aliphatic rings.